The second-order valence-corrected chi connectivity index (χ2v) is 6.73. The number of hydrogen-bond donors (Lipinski definition) is 1. The highest BCUT2D eigenvalue weighted by molar-refractivity contribution is 5.14. The van der Waals surface area contributed by atoms with E-state index in [0.29, 0.717) is 39.1 Å². The highest BCUT2D eigenvalue weighted by Crippen LogP contribution is 2.35. The summed E-state index contributed by atoms with van der Waals surface area (Å²) in [5, 5.41) is 3.31. The molecule has 6 heteroatoms. The summed E-state index contributed by atoms with van der Waals surface area (Å²) >= 11 is 0. The molecule has 2 aliphatic heterocycles. The zero-order valence-electron chi connectivity index (χ0n) is 13.8. The van der Waals surface area contributed by atoms with Crippen LogP contribution in [0, 0.1) is 0 Å². The van der Waals surface area contributed by atoms with Crippen LogP contribution in [0.15, 0.2) is 30.3 Å². The molecule has 0 aliphatic carbocycles. The number of alkyl halides is 3. The smallest absolute Gasteiger partial charge is 0.381 e. The molecule has 0 bridgehead atoms. The Morgan fingerprint density at radius 2 is 1.79 bits per heavy atom. The molecule has 0 saturated carbocycles. The van der Waals surface area contributed by atoms with Gasteiger partial charge in [-0.3, -0.25) is 4.90 Å². The van der Waals surface area contributed by atoms with E-state index in [1.165, 1.54) is 0 Å². The van der Waals surface area contributed by atoms with Crippen molar-refractivity contribution in [2.24, 2.45) is 0 Å². The third kappa shape index (κ3) is 4.49. The van der Waals surface area contributed by atoms with E-state index in [-0.39, 0.29) is 18.5 Å². The van der Waals surface area contributed by atoms with E-state index >= 15 is 0 Å². The number of ether oxygens (including phenoxy) is 1. The summed E-state index contributed by atoms with van der Waals surface area (Å²) in [6.45, 7) is 2.26. The summed E-state index contributed by atoms with van der Waals surface area (Å²) in [7, 11) is 0. The van der Waals surface area contributed by atoms with Crippen molar-refractivity contribution in [1.29, 1.82) is 0 Å². The van der Waals surface area contributed by atoms with Crippen LogP contribution in [0.5, 0.6) is 0 Å². The maximum absolute atomic E-state index is 13.6. The van der Waals surface area contributed by atoms with Gasteiger partial charge in [0.15, 0.2) is 0 Å². The molecule has 0 spiro atoms. The molecule has 134 valence electrons. The van der Waals surface area contributed by atoms with E-state index < -0.39 is 12.2 Å². The topological polar surface area (TPSA) is 24.5 Å². The van der Waals surface area contributed by atoms with Gasteiger partial charge in [-0.25, -0.2) is 0 Å². The van der Waals surface area contributed by atoms with Crippen molar-refractivity contribution in [2.75, 3.05) is 19.8 Å². The molecule has 2 heterocycles. The van der Waals surface area contributed by atoms with Gasteiger partial charge in [-0.05, 0) is 31.2 Å². The van der Waals surface area contributed by atoms with E-state index in [1.54, 1.807) is 4.90 Å². The lowest BCUT2D eigenvalue weighted by Crippen LogP contribution is -2.58. The molecule has 1 N–H and O–H groups in total. The second kappa shape index (κ2) is 7.85. The summed E-state index contributed by atoms with van der Waals surface area (Å²) in [6, 6.07) is 8.38. The second-order valence-electron chi connectivity index (χ2n) is 6.73. The maximum Gasteiger partial charge on any atom is 0.404 e. The van der Waals surface area contributed by atoms with Gasteiger partial charge in [0.2, 0.25) is 0 Å². The Morgan fingerprint density at radius 3 is 2.46 bits per heavy atom. The molecule has 0 radical (unpaired) electrons. The molecule has 2 fully saturated rings. The summed E-state index contributed by atoms with van der Waals surface area (Å²) in [4.78, 5) is 1.68. The Hall–Kier alpha value is -1.11. The van der Waals surface area contributed by atoms with Crippen LogP contribution in [-0.4, -0.2) is 49.0 Å². The molecule has 1 unspecified atom stereocenters. The van der Waals surface area contributed by atoms with Crippen molar-refractivity contribution in [1.82, 2.24) is 10.2 Å². The van der Waals surface area contributed by atoms with Crippen LogP contribution in [0.3, 0.4) is 0 Å². The van der Waals surface area contributed by atoms with E-state index in [0.717, 1.165) is 12.0 Å². The summed E-state index contributed by atoms with van der Waals surface area (Å²) in [6.07, 6.45) is -1.88. The minimum atomic E-state index is -4.18. The average molecular weight is 342 g/mol. The Kier molecular flexibility index (Phi) is 5.79. The molecule has 24 heavy (non-hydrogen) atoms. The highest BCUT2D eigenvalue weighted by Gasteiger charge is 2.48. The number of rotatable bonds is 4. The quantitative estimate of drug-likeness (QED) is 0.908. The normalized spacial score (nSPS) is 27.3. The van der Waals surface area contributed by atoms with Gasteiger partial charge in [0.1, 0.15) is 6.04 Å². The van der Waals surface area contributed by atoms with Gasteiger partial charge in [0, 0.05) is 38.4 Å². The molecule has 2 aliphatic rings. The van der Waals surface area contributed by atoms with Crippen molar-refractivity contribution >= 4 is 0 Å². The monoisotopic (exact) mass is 342 g/mol. The Morgan fingerprint density at radius 1 is 1.08 bits per heavy atom. The van der Waals surface area contributed by atoms with Crippen molar-refractivity contribution in [3.63, 3.8) is 0 Å². The van der Waals surface area contributed by atoms with Crippen LogP contribution in [0.2, 0.25) is 0 Å². The lowest BCUT2D eigenvalue weighted by Gasteiger charge is -2.45. The molecule has 1 aromatic carbocycles. The minimum Gasteiger partial charge on any atom is -0.381 e. The number of piperidine rings is 1. The lowest BCUT2D eigenvalue weighted by atomic mass is 9.92. The van der Waals surface area contributed by atoms with E-state index in [2.05, 4.69) is 5.32 Å². The largest absolute Gasteiger partial charge is 0.404 e. The van der Waals surface area contributed by atoms with E-state index in [4.69, 9.17) is 4.74 Å². The van der Waals surface area contributed by atoms with Gasteiger partial charge in [-0.15, -0.1) is 0 Å². The number of likely N-dealkylation sites (tertiary alicyclic amines) is 1. The van der Waals surface area contributed by atoms with Gasteiger partial charge in [-0.2, -0.15) is 13.2 Å². The number of nitrogens with zero attached hydrogens (tertiary/aromatic N) is 1. The van der Waals surface area contributed by atoms with Crippen LogP contribution < -0.4 is 5.32 Å². The number of nitrogens with one attached hydrogen (secondary N) is 1. The minimum absolute atomic E-state index is 0.000415. The first-order valence-electron chi connectivity index (χ1n) is 8.71. The van der Waals surface area contributed by atoms with Gasteiger partial charge in [-0.1, -0.05) is 30.3 Å². The lowest BCUT2D eigenvalue weighted by molar-refractivity contribution is -0.203. The fourth-order valence-electron chi connectivity index (χ4n) is 3.80. The SMILES string of the molecule is FC(F)(F)[C@H]1CC(NCc2ccccc2)CCN1C1CCOCC1. The summed E-state index contributed by atoms with van der Waals surface area (Å²) in [5.74, 6) is 0. The van der Waals surface area contributed by atoms with Crippen molar-refractivity contribution in [3.05, 3.63) is 35.9 Å². The Balaban J connectivity index is 1.60. The summed E-state index contributed by atoms with van der Waals surface area (Å²) < 4.78 is 46.0. The molecule has 0 amide bonds. The average Bonchev–Trinajstić information content (AvgIpc) is 2.61. The van der Waals surface area contributed by atoms with Crippen LogP contribution in [0.4, 0.5) is 13.2 Å². The molecule has 0 aromatic heterocycles. The van der Waals surface area contributed by atoms with Crippen LogP contribution in [0.1, 0.15) is 31.2 Å². The first-order valence-corrected chi connectivity index (χ1v) is 8.71. The zero-order valence-corrected chi connectivity index (χ0v) is 13.8. The fourth-order valence-corrected chi connectivity index (χ4v) is 3.80. The van der Waals surface area contributed by atoms with Gasteiger partial charge < -0.3 is 10.1 Å². The third-order valence-electron chi connectivity index (χ3n) is 5.12. The first kappa shape index (κ1) is 17.7. The van der Waals surface area contributed by atoms with Crippen LogP contribution >= 0.6 is 0 Å². The molecular weight excluding hydrogens is 317 g/mol. The van der Waals surface area contributed by atoms with Crippen molar-refractivity contribution in [2.45, 2.75) is 56.5 Å². The van der Waals surface area contributed by atoms with Crippen molar-refractivity contribution < 1.29 is 17.9 Å². The highest BCUT2D eigenvalue weighted by atomic mass is 19.4. The Bertz CT molecular complexity index is 503. The van der Waals surface area contributed by atoms with Gasteiger partial charge in [0.05, 0.1) is 0 Å². The molecule has 3 rings (SSSR count). The van der Waals surface area contributed by atoms with E-state index in [9.17, 15) is 13.2 Å². The Labute approximate surface area is 141 Å². The van der Waals surface area contributed by atoms with Gasteiger partial charge >= 0.3 is 6.18 Å². The predicted octanol–water partition coefficient (Wildman–Crippen LogP) is 3.35. The molecule has 2 saturated heterocycles. The van der Waals surface area contributed by atoms with Crippen LogP contribution in [0.25, 0.3) is 0 Å². The standard InChI is InChI=1S/C18H25F3N2O/c19-18(20,21)17-12-15(22-13-14-4-2-1-3-5-14)6-9-23(17)16-7-10-24-11-8-16/h1-5,15-17,22H,6-13H2/t15?,17-/m1/s1. The fraction of sp³-hybridized carbons (Fsp3) is 0.667. The van der Waals surface area contributed by atoms with Gasteiger partial charge in [0.25, 0.3) is 0 Å². The first-order chi connectivity index (χ1) is 11.5. The van der Waals surface area contributed by atoms with Crippen LogP contribution in [-0.2, 0) is 11.3 Å². The summed E-state index contributed by atoms with van der Waals surface area (Å²) in [5.41, 5.74) is 1.10. The predicted molar refractivity (Wildman–Crippen MR) is 86.7 cm³/mol. The number of halogens is 3. The van der Waals surface area contributed by atoms with E-state index in [1.807, 2.05) is 30.3 Å². The molecule has 3 nitrogen and oxygen atoms in total. The number of hydrogen-bond acceptors (Lipinski definition) is 3. The molecule has 1 aromatic rings. The molecular formula is C18H25F3N2O. The zero-order chi connectivity index (χ0) is 17.0. The number of benzene rings is 1. The maximum atomic E-state index is 13.6. The van der Waals surface area contributed by atoms with Crippen molar-refractivity contribution in [3.8, 4) is 0 Å². The molecule has 2 atom stereocenters. The third-order valence-corrected chi connectivity index (χ3v) is 5.12.